The first-order chi connectivity index (χ1) is 14.7. The van der Waals surface area contributed by atoms with Gasteiger partial charge in [0.05, 0.1) is 12.1 Å². The Kier molecular flexibility index (Phi) is 4.83. The van der Waals surface area contributed by atoms with Crippen molar-refractivity contribution in [2.24, 2.45) is 0 Å². The molecule has 4 aromatic rings. The molecule has 30 heavy (non-hydrogen) atoms. The van der Waals surface area contributed by atoms with Crippen LogP contribution < -0.4 is 10.6 Å². The zero-order valence-corrected chi connectivity index (χ0v) is 17.5. The number of aromatic nitrogens is 2. The summed E-state index contributed by atoms with van der Waals surface area (Å²) in [4.78, 5) is 16.3. The number of aryl methyl sites for hydroxylation is 1. The number of carbonyl (C=O) groups excluding carboxylic acids is 1. The zero-order chi connectivity index (χ0) is 20.7. The maximum Gasteiger partial charge on any atom is 0.237 e. The van der Waals surface area contributed by atoms with Gasteiger partial charge in [-0.3, -0.25) is 10.1 Å². The highest BCUT2D eigenvalue weighted by Crippen LogP contribution is 2.38. The minimum Gasteiger partial charge on any atom is -0.358 e. The molecule has 0 radical (unpaired) electrons. The lowest BCUT2D eigenvalue weighted by molar-refractivity contribution is -0.122. The fraction of sp³-hybridized carbons (Fsp3) is 0.320. The van der Waals surface area contributed by atoms with Gasteiger partial charge in [0.25, 0.3) is 0 Å². The minimum absolute atomic E-state index is 0.0330. The molecule has 2 aromatic heterocycles. The van der Waals surface area contributed by atoms with Gasteiger partial charge < -0.3 is 14.9 Å². The number of benzene rings is 2. The van der Waals surface area contributed by atoms with Crippen LogP contribution in [-0.4, -0.2) is 28.5 Å². The second kappa shape index (κ2) is 7.65. The summed E-state index contributed by atoms with van der Waals surface area (Å²) in [6.07, 6.45) is 5.27. The van der Waals surface area contributed by atoms with Crippen molar-refractivity contribution in [2.45, 2.75) is 44.8 Å². The quantitative estimate of drug-likeness (QED) is 0.468. The van der Waals surface area contributed by atoms with Gasteiger partial charge in [0.15, 0.2) is 0 Å². The number of rotatable bonds is 5. The lowest BCUT2D eigenvalue weighted by atomic mass is 9.90. The molecule has 0 fully saturated rings. The maximum absolute atomic E-state index is 12.6. The average molecular weight is 401 g/mol. The van der Waals surface area contributed by atoms with Gasteiger partial charge in [0.2, 0.25) is 5.91 Å². The molecule has 2 aromatic carbocycles. The molecule has 0 aliphatic carbocycles. The van der Waals surface area contributed by atoms with Crippen LogP contribution in [0.4, 0.5) is 0 Å². The summed E-state index contributed by atoms with van der Waals surface area (Å²) in [6.45, 7) is 3.22. The van der Waals surface area contributed by atoms with Gasteiger partial charge in [0, 0.05) is 52.9 Å². The van der Waals surface area contributed by atoms with E-state index < -0.39 is 0 Å². The number of H-pyrrole nitrogens is 1. The van der Waals surface area contributed by atoms with Crippen LogP contribution in [0.15, 0.2) is 54.7 Å². The minimum atomic E-state index is -0.260. The van der Waals surface area contributed by atoms with Crippen LogP contribution in [0.2, 0.25) is 0 Å². The molecular weight excluding hydrogens is 372 g/mol. The number of likely N-dealkylation sites (N-methyl/N-ethyl adjacent to an activating group) is 1. The molecule has 3 N–H and O–H groups in total. The molecule has 0 saturated carbocycles. The summed E-state index contributed by atoms with van der Waals surface area (Å²) in [5.74, 6) is 0.0330. The highest BCUT2D eigenvalue weighted by atomic mass is 16.2. The van der Waals surface area contributed by atoms with E-state index in [1.807, 2.05) is 0 Å². The Morgan fingerprint density at radius 3 is 2.70 bits per heavy atom. The first-order valence-corrected chi connectivity index (χ1v) is 10.9. The number of hydrogen-bond acceptors (Lipinski definition) is 2. The summed E-state index contributed by atoms with van der Waals surface area (Å²) in [7, 11) is 1.71. The first-order valence-electron chi connectivity index (χ1n) is 10.9. The number of fused-ring (bicyclic) bond motifs is 4. The van der Waals surface area contributed by atoms with Gasteiger partial charge in [-0.15, -0.1) is 0 Å². The molecule has 0 spiro atoms. The Labute approximate surface area is 176 Å². The summed E-state index contributed by atoms with van der Waals surface area (Å²) in [5, 5.41) is 8.93. The van der Waals surface area contributed by atoms with Gasteiger partial charge in [-0.1, -0.05) is 49.7 Å². The van der Waals surface area contributed by atoms with Crippen molar-refractivity contribution in [3.63, 3.8) is 0 Å². The number of unbranched alkanes of at least 4 members (excludes halogenated alkanes) is 1. The van der Waals surface area contributed by atoms with Gasteiger partial charge >= 0.3 is 0 Å². The SMILES string of the molecule is CCCCn1cc(C2N[C@@H](C(=O)NC)Cc3c2[nH]c2ccccc32)c2ccccc21. The molecule has 0 bridgehead atoms. The predicted molar refractivity (Wildman–Crippen MR) is 122 cm³/mol. The second-order valence-electron chi connectivity index (χ2n) is 8.18. The molecule has 5 rings (SSSR count). The molecule has 1 aliphatic heterocycles. The van der Waals surface area contributed by atoms with E-state index >= 15 is 0 Å². The molecular formula is C25H28N4O. The molecule has 1 amide bonds. The van der Waals surface area contributed by atoms with Crippen molar-refractivity contribution in [3.05, 3.63) is 71.5 Å². The monoisotopic (exact) mass is 400 g/mol. The van der Waals surface area contributed by atoms with Gasteiger partial charge in [-0.25, -0.2) is 0 Å². The van der Waals surface area contributed by atoms with Gasteiger partial charge in [-0.2, -0.15) is 0 Å². The molecule has 5 heteroatoms. The Morgan fingerprint density at radius 2 is 1.90 bits per heavy atom. The number of para-hydroxylation sites is 2. The standard InChI is InChI=1S/C25H28N4O/c1-3-4-13-29-15-19(17-10-6-8-12-22(17)29)24-23-18(14-21(28-24)25(30)26-2)16-9-5-7-11-20(16)27-23/h5-12,15,21,24,27-28H,3-4,13-14H2,1-2H3,(H,26,30)/t21-,24?/m1/s1. The summed E-state index contributed by atoms with van der Waals surface area (Å²) in [6, 6.07) is 16.7. The van der Waals surface area contributed by atoms with E-state index in [2.05, 4.69) is 81.8 Å². The lowest BCUT2D eigenvalue weighted by Crippen LogP contribution is -2.49. The van der Waals surface area contributed by atoms with Crippen LogP contribution in [0.25, 0.3) is 21.8 Å². The van der Waals surface area contributed by atoms with E-state index in [0.29, 0.717) is 6.42 Å². The largest absolute Gasteiger partial charge is 0.358 e. The van der Waals surface area contributed by atoms with E-state index in [-0.39, 0.29) is 18.0 Å². The highest BCUT2D eigenvalue weighted by molar-refractivity contribution is 5.90. The van der Waals surface area contributed by atoms with Crippen LogP contribution in [0.5, 0.6) is 0 Å². The fourth-order valence-corrected chi connectivity index (χ4v) is 4.84. The van der Waals surface area contributed by atoms with E-state index in [9.17, 15) is 4.79 Å². The van der Waals surface area contributed by atoms with Crippen LogP contribution >= 0.6 is 0 Å². The lowest BCUT2D eigenvalue weighted by Gasteiger charge is -2.30. The topological polar surface area (TPSA) is 61.9 Å². The second-order valence-corrected chi connectivity index (χ2v) is 8.18. The fourth-order valence-electron chi connectivity index (χ4n) is 4.84. The van der Waals surface area contributed by atoms with Gasteiger partial charge in [-0.05, 0) is 30.5 Å². The number of aromatic amines is 1. The Bertz CT molecular complexity index is 1220. The third kappa shape index (κ3) is 3.01. The number of amides is 1. The van der Waals surface area contributed by atoms with Gasteiger partial charge in [0.1, 0.15) is 0 Å². The third-order valence-electron chi connectivity index (χ3n) is 6.36. The molecule has 3 heterocycles. The van der Waals surface area contributed by atoms with Crippen molar-refractivity contribution < 1.29 is 4.79 Å². The first kappa shape index (κ1) is 18.9. The van der Waals surface area contributed by atoms with Crippen molar-refractivity contribution in [2.75, 3.05) is 7.05 Å². The average Bonchev–Trinajstić information content (AvgIpc) is 3.35. The summed E-state index contributed by atoms with van der Waals surface area (Å²) in [5.41, 5.74) is 6.02. The maximum atomic E-state index is 12.6. The molecule has 154 valence electrons. The molecule has 5 nitrogen and oxygen atoms in total. The summed E-state index contributed by atoms with van der Waals surface area (Å²) >= 11 is 0. The van der Waals surface area contributed by atoms with Crippen molar-refractivity contribution in [1.82, 2.24) is 20.2 Å². The Balaban J connectivity index is 1.69. The Morgan fingerprint density at radius 1 is 1.13 bits per heavy atom. The zero-order valence-electron chi connectivity index (χ0n) is 17.5. The van der Waals surface area contributed by atoms with Crippen molar-refractivity contribution in [3.8, 4) is 0 Å². The van der Waals surface area contributed by atoms with Crippen LogP contribution in [0.3, 0.4) is 0 Å². The predicted octanol–water partition coefficient (Wildman–Crippen LogP) is 4.27. The smallest absolute Gasteiger partial charge is 0.237 e. The molecule has 1 aliphatic rings. The Hall–Kier alpha value is -3.05. The van der Waals surface area contributed by atoms with Crippen LogP contribution in [0.1, 0.15) is 42.6 Å². The van der Waals surface area contributed by atoms with Crippen LogP contribution in [0, 0.1) is 0 Å². The molecule has 2 atom stereocenters. The van der Waals surface area contributed by atoms with E-state index in [0.717, 1.165) is 24.9 Å². The van der Waals surface area contributed by atoms with E-state index in [1.54, 1.807) is 7.05 Å². The molecule has 1 unspecified atom stereocenters. The number of carbonyl (C=O) groups is 1. The normalized spacial score (nSPS) is 18.6. The highest BCUT2D eigenvalue weighted by Gasteiger charge is 2.34. The number of nitrogens with one attached hydrogen (secondary N) is 3. The number of nitrogens with zero attached hydrogens (tertiary/aromatic N) is 1. The molecule has 0 saturated heterocycles. The number of hydrogen-bond donors (Lipinski definition) is 3. The van der Waals surface area contributed by atoms with E-state index in [1.165, 1.54) is 33.1 Å². The summed E-state index contributed by atoms with van der Waals surface area (Å²) < 4.78 is 2.36. The van der Waals surface area contributed by atoms with Crippen molar-refractivity contribution >= 4 is 27.7 Å². The third-order valence-corrected chi connectivity index (χ3v) is 6.36. The van der Waals surface area contributed by atoms with E-state index in [4.69, 9.17) is 0 Å². The van der Waals surface area contributed by atoms with Crippen molar-refractivity contribution in [1.29, 1.82) is 0 Å². The van der Waals surface area contributed by atoms with Crippen LogP contribution in [-0.2, 0) is 17.8 Å².